The summed E-state index contributed by atoms with van der Waals surface area (Å²) in [4.78, 5) is 22.8. The molecule has 0 aliphatic rings. The fourth-order valence-electron chi connectivity index (χ4n) is 2.03. The van der Waals surface area contributed by atoms with E-state index in [4.69, 9.17) is 5.11 Å². The Balaban J connectivity index is 2.39. The molecule has 1 aromatic carbocycles. The molecular weight excluding hydrogens is 285 g/mol. The molecule has 0 aromatic heterocycles. The third kappa shape index (κ3) is 7.02. The molecule has 120 valence electrons. The van der Waals surface area contributed by atoms with Gasteiger partial charge < -0.3 is 10.4 Å². The maximum atomic E-state index is 12.7. The van der Waals surface area contributed by atoms with Gasteiger partial charge in [-0.1, -0.05) is 38.1 Å². The molecule has 0 fully saturated rings. The molecule has 1 unspecified atom stereocenters. The number of aliphatic carboxylic acids is 1. The monoisotopic (exact) mass is 307 g/mol. The molecule has 22 heavy (non-hydrogen) atoms. The number of hydrogen-bond donors (Lipinski definition) is 2. The van der Waals surface area contributed by atoms with E-state index in [2.05, 4.69) is 5.32 Å². The summed E-state index contributed by atoms with van der Waals surface area (Å²) in [6.45, 7) is 4.03. The van der Waals surface area contributed by atoms with E-state index in [1.165, 1.54) is 12.1 Å². The first-order chi connectivity index (χ1) is 10.4. The first-order valence-electron chi connectivity index (χ1n) is 7.30. The number of amides is 1. The van der Waals surface area contributed by atoms with Gasteiger partial charge in [0, 0.05) is 13.0 Å². The van der Waals surface area contributed by atoms with Gasteiger partial charge in [0.1, 0.15) is 5.82 Å². The highest BCUT2D eigenvalue weighted by molar-refractivity contribution is 5.79. The summed E-state index contributed by atoms with van der Waals surface area (Å²) in [5.41, 5.74) is 0.803. The third-order valence-corrected chi connectivity index (χ3v) is 3.13. The van der Waals surface area contributed by atoms with Crippen LogP contribution in [0.3, 0.4) is 0 Å². The zero-order chi connectivity index (χ0) is 16.5. The molecule has 0 saturated heterocycles. The highest BCUT2D eigenvalue weighted by Gasteiger charge is 2.19. The zero-order valence-corrected chi connectivity index (χ0v) is 12.9. The SMILES string of the molecule is CC(C)CC(CNC(=O)C/C=C/c1ccc(F)cc1)C(=O)O. The average molecular weight is 307 g/mol. The molecule has 1 aromatic rings. The Bertz CT molecular complexity index is 523. The summed E-state index contributed by atoms with van der Waals surface area (Å²) >= 11 is 0. The maximum absolute atomic E-state index is 12.7. The lowest BCUT2D eigenvalue weighted by atomic mass is 9.97. The van der Waals surface area contributed by atoms with Crippen LogP contribution in [0, 0.1) is 17.7 Å². The standard InChI is InChI=1S/C17H22FNO3/c1-12(2)10-14(17(21)22)11-19-16(20)5-3-4-13-6-8-15(18)9-7-13/h3-4,6-9,12,14H,5,10-11H2,1-2H3,(H,19,20)(H,21,22)/b4-3+. The van der Waals surface area contributed by atoms with Crippen LogP contribution in [0.4, 0.5) is 4.39 Å². The van der Waals surface area contributed by atoms with Gasteiger partial charge in [0.05, 0.1) is 5.92 Å². The largest absolute Gasteiger partial charge is 0.481 e. The van der Waals surface area contributed by atoms with Crippen molar-refractivity contribution in [1.29, 1.82) is 0 Å². The van der Waals surface area contributed by atoms with E-state index >= 15 is 0 Å². The van der Waals surface area contributed by atoms with Crippen LogP contribution in [0.2, 0.25) is 0 Å². The molecule has 0 aliphatic heterocycles. The predicted octanol–water partition coefficient (Wildman–Crippen LogP) is 3.09. The molecule has 1 atom stereocenters. The van der Waals surface area contributed by atoms with Crippen molar-refractivity contribution in [2.75, 3.05) is 6.54 Å². The maximum Gasteiger partial charge on any atom is 0.308 e. The Kier molecular flexibility index (Phi) is 7.29. The van der Waals surface area contributed by atoms with Gasteiger partial charge in [-0.25, -0.2) is 4.39 Å². The van der Waals surface area contributed by atoms with Crippen LogP contribution >= 0.6 is 0 Å². The molecular formula is C17H22FNO3. The van der Waals surface area contributed by atoms with E-state index in [-0.39, 0.29) is 30.6 Å². The van der Waals surface area contributed by atoms with Crippen molar-refractivity contribution in [3.63, 3.8) is 0 Å². The number of rotatable bonds is 8. The molecule has 5 heteroatoms. The highest BCUT2D eigenvalue weighted by atomic mass is 19.1. The average Bonchev–Trinajstić information content (AvgIpc) is 2.45. The Morgan fingerprint density at radius 3 is 2.45 bits per heavy atom. The molecule has 0 aliphatic carbocycles. The lowest BCUT2D eigenvalue weighted by Crippen LogP contribution is -2.33. The van der Waals surface area contributed by atoms with Gasteiger partial charge in [-0.3, -0.25) is 9.59 Å². The second-order valence-corrected chi connectivity index (χ2v) is 5.63. The van der Waals surface area contributed by atoms with E-state index in [9.17, 15) is 14.0 Å². The molecule has 0 heterocycles. The smallest absolute Gasteiger partial charge is 0.308 e. The van der Waals surface area contributed by atoms with Gasteiger partial charge in [0.15, 0.2) is 0 Å². The lowest BCUT2D eigenvalue weighted by molar-refractivity contribution is -0.142. The highest BCUT2D eigenvalue weighted by Crippen LogP contribution is 2.11. The molecule has 0 radical (unpaired) electrons. The van der Waals surface area contributed by atoms with Gasteiger partial charge in [0.25, 0.3) is 0 Å². The van der Waals surface area contributed by atoms with Crippen molar-refractivity contribution in [3.8, 4) is 0 Å². The minimum atomic E-state index is -0.893. The fourth-order valence-corrected chi connectivity index (χ4v) is 2.03. The van der Waals surface area contributed by atoms with Crippen LogP contribution in [-0.2, 0) is 9.59 Å². The Morgan fingerprint density at radius 2 is 1.91 bits per heavy atom. The number of carbonyl (C=O) groups is 2. The van der Waals surface area contributed by atoms with Crippen LogP contribution < -0.4 is 5.32 Å². The number of benzene rings is 1. The van der Waals surface area contributed by atoms with Crippen LogP contribution in [0.15, 0.2) is 30.3 Å². The van der Waals surface area contributed by atoms with Gasteiger partial charge in [-0.2, -0.15) is 0 Å². The zero-order valence-electron chi connectivity index (χ0n) is 12.9. The molecule has 1 amide bonds. The van der Waals surface area contributed by atoms with E-state index < -0.39 is 11.9 Å². The summed E-state index contributed by atoms with van der Waals surface area (Å²) in [6, 6.07) is 5.94. The number of halogens is 1. The molecule has 4 nitrogen and oxygen atoms in total. The molecule has 0 bridgehead atoms. The van der Waals surface area contributed by atoms with Crippen molar-refractivity contribution in [2.24, 2.45) is 11.8 Å². The third-order valence-electron chi connectivity index (χ3n) is 3.13. The van der Waals surface area contributed by atoms with Crippen LogP contribution in [-0.4, -0.2) is 23.5 Å². The topological polar surface area (TPSA) is 66.4 Å². The Hall–Kier alpha value is -2.17. The summed E-state index contributed by atoms with van der Waals surface area (Å²) in [7, 11) is 0. The van der Waals surface area contributed by atoms with E-state index in [1.54, 1.807) is 24.3 Å². The van der Waals surface area contributed by atoms with Gasteiger partial charge in [-0.05, 0) is 30.0 Å². The molecule has 0 saturated carbocycles. The second kappa shape index (κ2) is 8.97. The number of hydrogen-bond acceptors (Lipinski definition) is 2. The molecule has 0 spiro atoms. The van der Waals surface area contributed by atoms with Crippen LogP contribution in [0.5, 0.6) is 0 Å². The van der Waals surface area contributed by atoms with Crippen LogP contribution in [0.25, 0.3) is 6.08 Å². The second-order valence-electron chi connectivity index (χ2n) is 5.63. The number of carbonyl (C=O) groups excluding carboxylic acids is 1. The number of nitrogens with one attached hydrogen (secondary N) is 1. The van der Waals surface area contributed by atoms with Crippen molar-refractivity contribution in [2.45, 2.75) is 26.7 Å². The molecule has 1 rings (SSSR count). The Morgan fingerprint density at radius 1 is 1.27 bits per heavy atom. The molecule has 2 N–H and O–H groups in total. The predicted molar refractivity (Wildman–Crippen MR) is 83.6 cm³/mol. The minimum absolute atomic E-state index is 0.136. The van der Waals surface area contributed by atoms with E-state index in [1.807, 2.05) is 13.8 Å². The van der Waals surface area contributed by atoms with Gasteiger partial charge in [-0.15, -0.1) is 0 Å². The van der Waals surface area contributed by atoms with E-state index in [0.717, 1.165) is 5.56 Å². The fraction of sp³-hybridized carbons (Fsp3) is 0.412. The van der Waals surface area contributed by atoms with Gasteiger partial charge >= 0.3 is 5.97 Å². The van der Waals surface area contributed by atoms with Crippen molar-refractivity contribution in [1.82, 2.24) is 5.32 Å². The Labute approximate surface area is 130 Å². The quantitative estimate of drug-likeness (QED) is 0.775. The summed E-state index contributed by atoms with van der Waals surface area (Å²) in [5.74, 6) is -1.73. The summed E-state index contributed by atoms with van der Waals surface area (Å²) < 4.78 is 12.7. The first-order valence-corrected chi connectivity index (χ1v) is 7.30. The summed E-state index contributed by atoms with van der Waals surface area (Å²) in [6.07, 6.45) is 4.08. The minimum Gasteiger partial charge on any atom is -0.481 e. The normalized spacial score (nSPS) is 12.5. The van der Waals surface area contributed by atoms with Crippen molar-refractivity contribution in [3.05, 3.63) is 41.7 Å². The van der Waals surface area contributed by atoms with Gasteiger partial charge in [0.2, 0.25) is 5.91 Å². The lowest BCUT2D eigenvalue weighted by Gasteiger charge is -2.15. The number of carboxylic acid groups (broad SMARTS) is 1. The van der Waals surface area contributed by atoms with Crippen molar-refractivity contribution < 1.29 is 19.1 Å². The van der Waals surface area contributed by atoms with Crippen molar-refractivity contribution >= 4 is 18.0 Å². The first kappa shape index (κ1) is 17.9. The summed E-state index contributed by atoms with van der Waals surface area (Å²) in [5, 5.41) is 11.7. The van der Waals surface area contributed by atoms with Crippen LogP contribution in [0.1, 0.15) is 32.3 Å². The number of carboxylic acids is 1. The van der Waals surface area contributed by atoms with E-state index in [0.29, 0.717) is 6.42 Å².